The fourth-order valence-corrected chi connectivity index (χ4v) is 4.97. The summed E-state index contributed by atoms with van der Waals surface area (Å²) in [5, 5.41) is 0. The first-order chi connectivity index (χ1) is 16.4. The molecule has 198 valence electrons. The highest BCUT2D eigenvalue weighted by molar-refractivity contribution is 5.35. The van der Waals surface area contributed by atoms with Crippen molar-refractivity contribution >= 4 is 0 Å². The fourth-order valence-electron chi connectivity index (χ4n) is 4.97. The van der Waals surface area contributed by atoms with Crippen LogP contribution in [0.15, 0.2) is 24.3 Å². The molecule has 0 aromatic heterocycles. The fraction of sp³-hybridized carbons (Fsp3) is 0.667. The molecule has 2 aliphatic rings. The smallest absolute Gasteiger partial charge is 0.425 e. The van der Waals surface area contributed by atoms with E-state index >= 15 is 0 Å². The van der Waals surface area contributed by atoms with E-state index in [4.69, 9.17) is 4.74 Å². The van der Waals surface area contributed by atoms with Crippen molar-refractivity contribution in [1.29, 1.82) is 0 Å². The summed E-state index contributed by atoms with van der Waals surface area (Å²) >= 11 is 0. The highest BCUT2D eigenvalue weighted by atomic mass is 19.3. The lowest BCUT2D eigenvalue weighted by atomic mass is 9.73. The maximum atomic E-state index is 14.6. The molecule has 1 saturated carbocycles. The largest absolute Gasteiger partial charge is 0.430 e. The molecule has 2 fully saturated rings. The molecule has 0 N–H and O–H groups in total. The van der Waals surface area contributed by atoms with Gasteiger partial charge in [-0.05, 0) is 43.4 Å². The second-order valence-electron chi connectivity index (χ2n) is 9.21. The molecule has 3 rings (SSSR count). The standard InChI is InChI=1S/C24H28F8O3/c1-2-3-14-4-6-15(7-5-14)16-8-9-20(33-13-16)24(31,32)34-17-10-18(25)22(19(26)11-17)35-23(29,30)12-21(27)28/h10-12,14-16,20H,2-9,13H2,1H3. The first-order valence-corrected chi connectivity index (χ1v) is 11.7. The number of rotatable bonds is 9. The Hall–Kier alpha value is -2.04. The van der Waals surface area contributed by atoms with Gasteiger partial charge in [0.25, 0.3) is 6.08 Å². The normalized spacial score (nSPS) is 25.7. The van der Waals surface area contributed by atoms with E-state index in [1.54, 1.807) is 0 Å². The van der Waals surface area contributed by atoms with Crippen LogP contribution in [0.5, 0.6) is 11.5 Å². The molecule has 1 heterocycles. The molecule has 2 unspecified atom stereocenters. The summed E-state index contributed by atoms with van der Waals surface area (Å²) in [6.45, 7) is 2.28. The van der Waals surface area contributed by atoms with Crippen molar-refractivity contribution < 1.29 is 49.3 Å². The molecule has 0 spiro atoms. The maximum absolute atomic E-state index is 14.6. The Kier molecular flexibility index (Phi) is 8.93. The van der Waals surface area contributed by atoms with Gasteiger partial charge in [-0.1, -0.05) is 32.6 Å². The van der Waals surface area contributed by atoms with Gasteiger partial charge in [0.15, 0.2) is 23.5 Å². The highest BCUT2D eigenvalue weighted by Crippen LogP contribution is 2.42. The SMILES string of the molecule is CCCC1CCC(C2CCC(C(F)(F)Oc3cc(F)c(OC(F)(F)C=C(F)F)c(F)c3)OC2)CC1. The van der Waals surface area contributed by atoms with Gasteiger partial charge in [0.1, 0.15) is 5.75 Å². The molecule has 1 saturated heterocycles. The number of hydrogen-bond acceptors (Lipinski definition) is 3. The van der Waals surface area contributed by atoms with E-state index in [2.05, 4.69) is 16.4 Å². The van der Waals surface area contributed by atoms with Crippen LogP contribution in [-0.4, -0.2) is 24.9 Å². The molecule has 1 aliphatic heterocycles. The molecule has 35 heavy (non-hydrogen) atoms. The third-order valence-corrected chi connectivity index (χ3v) is 6.68. The van der Waals surface area contributed by atoms with E-state index in [1.807, 2.05) is 0 Å². The molecule has 11 heteroatoms. The van der Waals surface area contributed by atoms with Gasteiger partial charge in [0, 0.05) is 12.1 Å². The maximum Gasteiger partial charge on any atom is 0.425 e. The Labute approximate surface area is 198 Å². The van der Waals surface area contributed by atoms with E-state index in [9.17, 15) is 35.1 Å². The lowest BCUT2D eigenvalue weighted by molar-refractivity contribution is -0.266. The van der Waals surface area contributed by atoms with Crippen LogP contribution in [0.2, 0.25) is 0 Å². The number of benzene rings is 1. The van der Waals surface area contributed by atoms with Crippen molar-refractivity contribution in [3.8, 4) is 11.5 Å². The third-order valence-electron chi connectivity index (χ3n) is 6.68. The van der Waals surface area contributed by atoms with E-state index in [1.165, 1.54) is 6.42 Å². The van der Waals surface area contributed by atoms with E-state index in [-0.39, 0.29) is 31.1 Å². The molecule has 0 amide bonds. The average Bonchev–Trinajstić information content (AvgIpc) is 2.76. The van der Waals surface area contributed by atoms with Crippen molar-refractivity contribution in [1.82, 2.24) is 0 Å². The number of halogens is 8. The van der Waals surface area contributed by atoms with Crippen molar-refractivity contribution in [3.05, 3.63) is 35.9 Å². The molecule has 2 atom stereocenters. The second kappa shape index (κ2) is 11.3. The number of alkyl halides is 4. The molecule has 1 aromatic rings. The molecule has 0 bridgehead atoms. The van der Waals surface area contributed by atoms with E-state index in [0.29, 0.717) is 12.3 Å². The molecular formula is C24H28F8O3. The molecule has 3 nitrogen and oxygen atoms in total. The lowest BCUT2D eigenvalue weighted by Gasteiger charge is -2.39. The number of ether oxygens (including phenoxy) is 3. The van der Waals surface area contributed by atoms with Gasteiger partial charge in [-0.2, -0.15) is 26.3 Å². The molecule has 1 aromatic carbocycles. The van der Waals surface area contributed by atoms with Crippen molar-refractivity contribution in [2.24, 2.45) is 17.8 Å². The van der Waals surface area contributed by atoms with Crippen molar-refractivity contribution in [2.45, 2.75) is 76.6 Å². The zero-order valence-corrected chi connectivity index (χ0v) is 19.2. The van der Waals surface area contributed by atoms with E-state index < -0.39 is 53.6 Å². The van der Waals surface area contributed by atoms with Crippen LogP contribution < -0.4 is 9.47 Å². The first-order valence-electron chi connectivity index (χ1n) is 11.7. The second-order valence-corrected chi connectivity index (χ2v) is 9.21. The topological polar surface area (TPSA) is 27.7 Å². The zero-order chi connectivity index (χ0) is 25.8. The summed E-state index contributed by atoms with van der Waals surface area (Å²) in [6, 6.07) is 0.413. The predicted octanol–water partition coefficient (Wildman–Crippen LogP) is 8.09. The Morgan fingerprint density at radius 2 is 1.54 bits per heavy atom. The van der Waals surface area contributed by atoms with E-state index in [0.717, 1.165) is 38.0 Å². The van der Waals surface area contributed by atoms with Crippen LogP contribution in [0.1, 0.15) is 58.3 Å². The lowest BCUT2D eigenvalue weighted by Crippen LogP contribution is -2.45. The quantitative estimate of drug-likeness (QED) is 0.311. The Balaban J connectivity index is 1.58. The monoisotopic (exact) mass is 516 g/mol. The Morgan fingerprint density at radius 3 is 2.06 bits per heavy atom. The predicted molar refractivity (Wildman–Crippen MR) is 111 cm³/mol. The van der Waals surface area contributed by atoms with Crippen LogP contribution in [0.4, 0.5) is 35.1 Å². The first kappa shape index (κ1) is 27.5. The van der Waals surface area contributed by atoms with Gasteiger partial charge in [0.2, 0.25) is 0 Å². The van der Waals surface area contributed by atoms with Gasteiger partial charge in [-0.25, -0.2) is 8.78 Å². The summed E-state index contributed by atoms with van der Waals surface area (Å²) in [5.74, 6) is -5.08. The highest BCUT2D eigenvalue weighted by Gasteiger charge is 2.47. The van der Waals surface area contributed by atoms with Crippen LogP contribution in [0.25, 0.3) is 0 Å². The van der Waals surface area contributed by atoms with Gasteiger partial charge in [-0.3, -0.25) is 0 Å². The summed E-state index contributed by atoms with van der Waals surface area (Å²) in [7, 11) is 0. The minimum absolute atomic E-state index is 0.0218. The molecular weight excluding hydrogens is 488 g/mol. The van der Waals surface area contributed by atoms with Crippen molar-refractivity contribution in [3.63, 3.8) is 0 Å². The zero-order valence-electron chi connectivity index (χ0n) is 19.2. The van der Waals surface area contributed by atoms with Gasteiger partial charge >= 0.3 is 12.2 Å². The van der Waals surface area contributed by atoms with Gasteiger partial charge in [-0.15, -0.1) is 0 Å². The Morgan fingerprint density at radius 1 is 0.943 bits per heavy atom. The summed E-state index contributed by atoms with van der Waals surface area (Å²) in [4.78, 5) is 0. The number of hydrogen-bond donors (Lipinski definition) is 0. The van der Waals surface area contributed by atoms with Crippen LogP contribution in [-0.2, 0) is 4.74 Å². The van der Waals surface area contributed by atoms with Crippen LogP contribution in [0, 0.1) is 29.4 Å². The third kappa shape index (κ3) is 7.47. The van der Waals surface area contributed by atoms with Gasteiger partial charge in [0.05, 0.1) is 12.7 Å². The average molecular weight is 516 g/mol. The van der Waals surface area contributed by atoms with Crippen LogP contribution in [0.3, 0.4) is 0 Å². The van der Waals surface area contributed by atoms with Crippen LogP contribution >= 0.6 is 0 Å². The molecule has 1 aliphatic carbocycles. The summed E-state index contributed by atoms with van der Waals surface area (Å²) in [6.07, 6.45) is -6.98. The van der Waals surface area contributed by atoms with Gasteiger partial charge < -0.3 is 14.2 Å². The minimum Gasteiger partial charge on any atom is -0.430 e. The van der Waals surface area contributed by atoms with Crippen molar-refractivity contribution in [2.75, 3.05) is 6.61 Å². The Bertz CT molecular complexity index is 849. The summed E-state index contributed by atoms with van der Waals surface area (Å²) in [5.41, 5.74) is 0. The minimum atomic E-state index is -4.73. The summed E-state index contributed by atoms with van der Waals surface area (Å²) < 4.78 is 122. The molecule has 0 radical (unpaired) electrons.